The van der Waals surface area contributed by atoms with Crippen LogP contribution in [0.4, 0.5) is 5.69 Å². The number of benzene rings is 3. The van der Waals surface area contributed by atoms with Gasteiger partial charge in [0.1, 0.15) is 12.6 Å². The zero-order valence-corrected chi connectivity index (χ0v) is 27.4. The molecule has 3 aromatic rings. The maximum Gasteiger partial charge on any atom is 0.264 e. The van der Waals surface area contributed by atoms with Crippen LogP contribution in [-0.2, 0) is 26.2 Å². The van der Waals surface area contributed by atoms with Gasteiger partial charge in [-0.3, -0.25) is 13.9 Å². The molecule has 0 unspecified atom stereocenters. The van der Waals surface area contributed by atoms with Gasteiger partial charge in [0.15, 0.2) is 0 Å². The van der Waals surface area contributed by atoms with Crippen LogP contribution < -0.4 is 9.62 Å². The van der Waals surface area contributed by atoms with Crippen molar-refractivity contribution in [2.45, 2.75) is 83.3 Å². The predicted octanol–water partition coefficient (Wildman–Crippen LogP) is 6.98. The molecule has 2 amide bonds. The van der Waals surface area contributed by atoms with Gasteiger partial charge in [-0.15, -0.1) is 0 Å². The second-order valence-corrected chi connectivity index (χ2v) is 13.9. The van der Waals surface area contributed by atoms with Gasteiger partial charge in [-0.2, -0.15) is 0 Å². The van der Waals surface area contributed by atoms with Crippen molar-refractivity contribution in [3.63, 3.8) is 0 Å². The fourth-order valence-electron chi connectivity index (χ4n) is 5.58. The monoisotopic (exact) mass is 643 g/mol. The maximum absolute atomic E-state index is 14.4. The highest BCUT2D eigenvalue weighted by atomic mass is 35.5. The fourth-order valence-corrected chi connectivity index (χ4v) is 7.57. The minimum Gasteiger partial charge on any atom is -0.352 e. The number of hydrogen-bond donors (Lipinski definition) is 1. The third kappa shape index (κ3) is 7.72. The molecule has 230 valence electrons. The Hall–Kier alpha value is -3.07. The summed E-state index contributed by atoms with van der Waals surface area (Å²) < 4.78 is 29.4. The molecule has 7 nitrogen and oxygen atoms in total. The van der Waals surface area contributed by atoms with Crippen molar-refractivity contribution in [2.24, 2.45) is 0 Å². The molecule has 10 heteroatoms. The number of sulfonamides is 1. The number of rotatable bonds is 11. The van der Waals surface area contributed by atoms with E-state index in [-0.39, 0.29) is 23.4 Å². The third-order valence-electron chi connectivity index (χ3n) is 7.99. The van der Waals surface area contributed by atoms with Gasteiger partial charge in [-0.25, -0.2) is 8.42 Å². The maximum atomic E-state index is 14.4. The molecule has 1 aliphatic carbocycles. The molecule has 0 bridgehead atoms. The zero-order chi connectivity index (χ0) is 31.3. The van der Waals surface area contributed by atoms with Gasteiger partial charge in [0.25, 0.3) is 10.0 Å². The summed E-state index contributed by atoms with van der Waals surface area (Å²) in [4.78, 5) is 29.5. The van der Waals surface area contributed by atoms with E-state index in [1.165, 1.54) is 17.0 Å². The van der Waals surface area contributed by atoms with Crippen LogP contribution >= 0.6 is 23.2 Å². The highest BCUT2D eigenvalue weighted by Gasteiger charge is 2.35. The number of hydrogen-bond acceptors (Lipinski definition) is 4. The van der Waals surface area contributed by atoms with E-state index in [1.807, 2.05) is 39.8 Å². The molecule has 0 heterocycles. The molecule has 1 aliphatic rings. The molecule has 1 fully saturated rings. The van der Waals surface area contributed by atoms with Crippen LogP contribution in [0, 0.1) is 20.8 Å². The van der Waals surface area contributed by atoms with Crippen molar-refractivity contribution < 1.29 is 18.0 Å². The van der Waals surface area contributed by atoms with Crippen molar-refractivity contribution in [3.8, 4) is 0 Å². The van der Waals surface area contributed by atoms with Crippen LogP contribution in [0.3, 0.4) is 0 Å². The molecular formula is C33H39Cl2N3O4S. The van der Waals surface area contributed by atoms with Gasteiger partial charge >= 0.3 is 0 Å². The average Bonchev–Trinajstić information content (AvgIpc) is 3.46. The predicted molar refractivity (Wildman–Crippen MR) is 173 cm³/mol. The largest absolute Gasteiger partial charge is 0.352 e. The summed E-state index contributed by atoms with van der Waals surface area (Å²) >= 11 is 13.0. The van der Waals surface area contributed by atoms with E-state index in [9.17, 15) is 18.0 Å². The number of halogens is 2. The number of carbonyl (C=O) groups excluding carboxylic acids is 2. The van der Waals surface area contributed by atoms with Gasteiger partial charge < -0.3 is 10.2 Å². The summed E-state index contributed by atoms with van der Waals surface area (Å²) in [7, 11) is -4.16. The Labute approximate surface area is 265 Å². The zero-order valence-electron chi connectivity index (χ0n) is 25.1. The van der Waals surface area contributed by atoms with E-state index in [2.05, 4.69) is 5.32 Å². The fraction of sp³-hybridized carbons (Fsp3) is 0.394. The minimum absolute atomic E-state index is 0.0519. The smallest absolute Gasteiger partial charge is 0.264 e. The van der Waals surface area contributed by atoms with E-state index in [4.69, 9.17) is 23.2 Å². The van der Waals surface area contributed by atoms with E-state index in [0.29, 0.717) is 33.3 Å². The van der Waals surface area contributed by atoms with Crippen LogP contribution in [0.5, 0.6) is 0 Å². The summed E-state index contributed by atoms with van der Waals surface area (Å²) in [5.74, 6) is -0.814. The van der Waals surface area contributed by atoms with E-state index in [1.54, 1.807) is 36.4 Å². The molecule has 0 aromatic heterocycles. The van der Waals surface area contributed by atoms with Crippen molar-refractivity contribution in [2.75, 3.05) is 10.8 Å². The summed E-state index contributed by atoms with van der Waals surface area (Å²) in [5.41, 5.74) is 3.46. The SMILES string of the molecule is CC[C@H](C(=O)NC1CCCC1)N(Cc1c(Cl)cccc1Cl)C(=O)CN(c1ccc(C)cc1C)S(=O)(=O)c1ccc(C)cc1. The topological polar surface area (TPSA) is 86.8 Å². The first-order valence-electron chi connectivity index (χ1n) is 14.6. The van der Waals surface area contributed by atoms with Gasteiger partial charge in [-0.1, -0.05) is 84.4 Å². The molecule has 0 saturated heterocycles. The van der Waals surface area contributed by atoms with Crippen molar-refractivity contribution in [1.29, 1.82) is 0 Å². The van der Waals surface area contributed by atoms with Crippen molar-refractivity contribution in [3.05, 3.63) is 93.0 Å². The lowest BCUT2D eigenvalue weighted by atomic mass is 10.1. The lowest BCUT2D eigenvalue weighted by Crippen LogP contribution is -2.53. The van der Waals surface area contributed by atoms with Crippen molar-refractivity contribution in [1.82, 2.24) is 10.2 Å². The minimum atomic E-state index is -4.16. The lowest BCUT2D eigenvalue weighted by Gasteiger charge is -2.34. The second-order valence-electron chi connectivity index (χ2n) is 11.3. The Morgan fingerprint density at radius 3 is 2.12 bits per heavy atom. The summed E-state index contributed by atoms with van der Waals surface area (Å²) in [6.45, 7) is 6.87. The van der Waals surface area contributed by atoms with Gasteiger partial charge in [0, 0.05) is 28.2 Å². The quantitative estimate of drug-likeness (QED) is 0.244. The van der Waals surface area contributed by atoms with Crippen LogP contribution in [0.2, 0.25) is 10.0 Å². The standard InChI is InChI=1S/C33H39Cl2N3O4S/c1-5-30(33(40)36-25-9-6-7-10-25)37(20-27-28(34)11-8-12-29(27)35)32(39)21-38(31-18-15-23(3)19-24(31)4)43(41,42)26-16-13-22(2)14-17-26/h8,11-19,25,30H,5-7,9-10,20-21H2,1-4H3,(H,36,40)/t30-/m1/s1. The van der Waals surface area contributed by atoms with Gasteiger partial charge in [-0.05, 0) is 75.9 Å². The number of aryl methyl sites for hydroxylation is 3. The number of carbonyl (C=O) groups is 2. The van der Waals surface area contributed by atoms with E-state index >= 15 is 0 Å². The highest BCUT2D eigenvalue weighted by Crippen LogP contribution is 2.30. The van der Waals surface area contributed by atoms with E-state index < -0.39 is 28.5 Å². The Kier molecular flexibility index (Phi) is 10.8. The van der Waals surface area contributed by atoms with Crippen LogP contribution in [0.1, 0.15) is 61.3 Å². The molecule has 0 radical (unpaired) electrons. The average molecular weight is 645 g/mol. The van der Waals surface area contributed by atoms with Crippen LogP contribution in [0.25, 0.3) is 0 Å². The third-order valence-corrected chi connectivity index (χ3v) is 10.5. The molecule has 1 N–H and O–H groups in total. The second kappa shape index (κ2) is 14.1. The first kappa shape index (κ1) is 32.8. The molecule has 43 heavy (non-hydrogen) atoms. The Morgan fingerprint density at radius 1 is 0.930 bits per heavy atom. The lowest BCUT2D eigenvalue weighted by molar-refractivity contribution is -0.140. The number of nitrogens with zero attached hydrogens (tertiary/aromatic N) is 2. The summed E-state index contributed by atoms with van der Waals surface area (Å²) in [5, 5.41) is 3.82. The first-order valence-corrected chi connectivity index (χ1v) is 16.8. The highest BCUT2D eigenvalue weighted by molar-refractivity contribution is 7.92. The van der Waals surface area contributed by atoms with Crippen LogP contribution in [0.15, 0.2) is 65.6 Å². The normalized spacial score (nSPS) is 14.4. The summed E-state index contributed by atoms with van der Waals surface area (Å²) in [6, 6.07) is 16.2. The first-order chi connectivity index (χ1) is 20.4. The molecule has 3 aromatic carbocycles. The van der Waals surface area contributed by atoms with Gasteiger partial charge in [0.2, 0.25) is 11.8 Å². The Balaban J connectivity index is 1.77. The van der Waals surface area contributed by atoms with Crippen molar-refractivity contribution >= 4 is 50.7 Å². The molecule has 0 aliphatic heterocycles. The van der Waals surface area contributed by atoms with Gasteiger partial charge in [0.05, 0.1) is 10.6 Å². The number of anilines is 1. The molecule has 4 rings (SSSR count). The van der Waals surface area contributed by atoms with Crippen LogP contribution in [-0.4, -0.2) is 43.8 Å². The number of amides is 2. The molecule has 0 spiro atoms. The summed E-state index contributed by atoms with van der Waals surface area (Å²) in [6.07, 6.45) is 4.19. The molecular weight excluding hydrogens is 605 g/mol. The number of nitrogens with one attached hydrogen (secondary N) is 1. The Bertz CT molecular complexity index is 1550. The molecule has 1 atom stereocenters. The molecule has 1 saturated carbocycles. The van der Waals surface area contributed by atoms with E-state index in [0.717, 1.165) is 41.1 Å². The Morgan fingerprint density at radius 2 is 1.53 bits per heavy atom.